The summed E-state index contributed by atoms with van der Waals surface area (Å²) in [4.78, 5) is 13.6. The Morgan fingerprint density at radius 1 is 1.47 bits per heavy atom. The average Bonchev–Trinajstić information content (AvgIpc) is 2.59. The van der Waals surface area contributed by atoms with Gasteiger partial charge in [-0.05, 0) is 30.2 Å². The number of aromatic amines is 1. The number of carbonyl (C=O) groups is 1. The van der Waals surface area contributed by atoms with E-state index in [2.05, 4.69) is 27.8 Å². The summed E-state index contributed by atoms with van der Waals surface area (Å²) >= 11 is 3.46. The number of carboxylic acid groups (broad SMARTS) is 1. The van der Waals surface area contributed by atoms with Crippen molar-refractivity contribution >= 4 is 32.8 Å². The third-order valence-electron chi connectivity index (χ3n) is 2.40. The van der Waals surface area contributed by atoms with Crippen LogP contribution in [-0.2, 0) is 6.42 Å². The van der Waals surface area contributed by atoms with E-state index >= 15 is 0 Å². The topological polar surface area (TPSA) is 53.1 Å². The van der Waals surface area contributed by atoms with Crippen molar-refractivity contribution in [2.75, 3.05) is 0 Å². The maximum atomic E-state index is 10.8. The summed E-state index contributed by atoms with van der Waals surface area (Å²) in [7, 11) is 0. The van der Waals surface area contributed by atoms with E-state index in [1.54, 1.807) is 6.07 Å². The predicted octanol–water partition coefficient (Wildman–Crippen LogP) is 3.19. The lowest BCUT2D eigenvalue weighted by atomic mass is 10.1. The van der Waals surface area contributed by atoms with E-state index in [0.29, 0.717) is 0 Å². The number of hydrogen-bond acceptors (Lipinski definition) is 1. The highest BCUT2D eigenvalue weighted by atomic mass is 79.9. The molecule has 0 amide bonds. The van der Waals surface area contributed by atoms with Gasteiger partial charge in [0, 0.05) is 15.4 Å². The normalized spacial score (nSPS) is 10.8. The van der Waals surface area contributed by atoms with Gasteiger partial charge in [-0.2, -0.15) is 0 Å². The Morgan fingerprint density at radius 3 is 2.80 bits per heavy atom. The zero-order valence-corrected chi connectivity index (χ0v) is 9.76. The van der Waals surface area contributed by atoms with Gasteiger partial charge < -0.3 is 10.1 Å². The number of rotatable bonds is 2. The Balaban J connectivity index is 2.66. The molecule has 3 nitrogen and oxygen atoms in total. The summed E-state index contributed by atoms with van der Waals surface area (Å²) in [5.41, 5.74) is 2.26. The van der Waals surface area contributed by atoms with Crippen molar-refractivity contribution in [3.63, 3.8) is 0 Å². The number of aromatic carboxylic acids is 1. The largest absolute Gasteiger partial charge is 0.477 e. The van der Waals surface area contributed by atoms with Crippen molar-refractivity contribution < 1.29 is 9.90 Å². The molecule has 0 fully saturated rings. The molecule has 2 aromatic rings. The third-order valence-corrected chi connectivity index (χ3v) is 3.14. The number of H-pyrrole nitrogens is 1. The van der Waals surface area contributed by atoms with Crippen LogP contribution in [-0.4, -0.2) is 16.1 Å². The number of hydrogen-bond donors (Lipinski definition) is 2. The molecule has 0 aliphatic heterocycles. The second kappa shape index (κ2) is 3.70. The van der Waals surface area contributed by atoms with E-state index in [4.69, 9.17) is 5.11 Å². The van der Waals surface area contributed by atoms with Crippen molar-refractivity contribution in [3.05, 3.63) is 33.9 Å². The molecule has 0 bridgehead atoms. The highest BCUT2D eigenvalue weighted by Crippen LogP contribution is 2.25. The Kier molecular flexibility index (Phi) is 2.52. The van der Waals surface area contributed by atoms with Crippen LogP contribution < -0.4 is 0 Å². The van der Waals surface area contributed by atoms with Gasteiger partial charge in [-0.15, -0.1) is 0 Å². The number of benzene rings is 1. The maximum Gasteiger partial charge on any atom is 0.352 e. The number of nitrogens with one attached hydrogen (secondary N) is 1. The van der Waals surface area contributed by atoms with Gasteiger partial charge in [0.05, 0.1) is 0 Å². The summed E-state index contributed by atoms with van der Waals surface area (Å²) in [5.74, 6) is -0.930. The van der Waals surface area contributed by atoms with E-state index < -0.39 is 5.97 Å². The molecule has 15 heavy (non-hydrogen) atoms. The molecular formula is C11H10BrNO2. The zero-order valence-electron chi connectivity index (χ0n) is 8.17. The fourth-order valence-electron chi connectivity index (χ4n) is 1.58. The van der Waals surface area contributed by atoms with Crippen molar-refractivity contribution in [2.45, 2.75) is 13.3 Å². The molecule has 0 aliphatic carbocycles. The molecular weight excluding hydrogens is 258 g/mol. The van der Waals surface area contributed by atoms with Crippen LogP contribution in [0.2, 0.25) is 0 Å². The highest BCUT2D eigenvalue weighted by Gasteiger charge is 2.09. The molecule has 0 saturated heterocycles. The van der Waals surface area contributed by atoms with Gasteiger partial charge in [-0.1, -0.05) is 22.9 Å². The number of aromatic nitrogens is 1. The van der Waals surface area contributed by atoms with E-state index in [1.165, 1.54) is 5.56 Å². The first kappa shape index (κ1) is 10.2. The SMILES string of the molecule is CCc1cc2[nH]c(C(=O)O)cc2cc1Br. The van der Waals surface area contributed by atoms with Crippen LogP contribution in [0.5, 0.6) is 0 Å². The van der Waals surface area contributed by atoms with Gasteiger partial charge >= 0.3 is 5.97 Å². The molecule has 4 heteroatoms. The summed E-state index contributed by atoms with van der Waals surface area (Å²) < 4.78 is 1.02. The second-order valence-corrected chi connectivity index (χ2v) is 4.23. The van der Waals surface area contributed by atoms with Gasteiger partial charge in [0.2, 0.25) is 0 Å². The van der Waals surface area contributed by atoms with E-state index in [9.17, 15) is 4.79 Å². The smallest absolute Gasteiger partial charge is 0.352 e. The number of aryl methyl sites for hydroxylation is 1. The molecule has 0 spiro atoms. The summed E-state index contributed by atoms with van der Waals surface area (Å²) in [5, 5.41) is 9.75. The Labute approximate surface area is 95.2 Å². The highest BCUT2D eigenvalue weighted by molar-refractivity contribution is 9.10. The molecule has 2 N–H and O–H groups in total. The Morgan fingerprint density at radius 2 is 2.20 bits per heavy atom. The van der Waals surface area contributed by atoms with Crippen LogP contribution in [0.25, 0.3) is 10.9 Å². The lowest BCUT2D eigenvalue weighted by Crippen LogP contribution is -1.94. The van der Waals surface area contributed by atoms with Gasteiger partial charge in [0.1, 0.15) is 5.69 Å². The molecule has 1 aromatic carbocycles. The van der Waals surface area contributed by atoms with Crippen LogP contribution in [0.1, 0.15) is 23.0 Å². The van der Waals surface area contributed by atoms with Gasteiger partial charge in [0.15, 0.2) is 0 Å². The Hall–Kier alpha value is -1.29. The molecule has 78 valence electrons. The predicted molar refractivity (Wildman–Crippen MR) is 62.3 cm³/mol. The zero-order chi connectivity index (χ0) is 11.0. The van der Waals surface area contributed by atoms with E-state index in [-0.39, 0.29) is 5.69 Å². The molecule has 0 radical (unpaired) electrons. The Bertz CT molecular complexity index is 531. The van der Waals surface area contributed by atoms with Crippen molar-refractivity contribution in [3.8, 4) is 0 Å². The minimum absolute atomic E-state index is 0.227. The van der Waals surface area contributed by atoms with Gasteiger partial charge in [-0.25, -0.2) is 4.79 Å². The minimum atomic E-state index is -0.930. The molecule has 0 unspecified atom stereocenters. The fourth-order valence-corrected chi connectivity index (χ4v) is 2.23. The average molecular weight is 268 g/mol. The minimum Gasteiger partial charge on any atom is -0.477 e. The first-order valence-corrected chi connectivity index (χ1v) is 5.45. The standard InChI is InChI=1S/C11H10BrNO2/c1-2-6-4-9-7(3-8(6)12)5-10(13-9)11(14)15/h3-5,13H,2H2,1H3,(H,14,15). The molecule has 1 aromatic heterocycles. The first-order chi connectivity index (χ1) is 7.11. The van der Waals surface area contributed by atoms with Gasteiger partial charge in [0.25, 0.3) is 0 Å². The first-order valence-electron chi connectivity index (χ1n) is 4.66. The van der Waals surface area contributed by atoms with Crippen molar-refractivity contribution in [2.24, 2.45) is 0 Å². The van der Waals surface area contributed by atoms with Crippen LogP contribution in [0, 0.1) is 0 Å². The second-order valence-electron chi connectivity index (χ2n) is 3.37. The molecule has 0 atom stereocenters. The lowest BCUT2D eigenvalue weighted by molar-refractivity contribution is 0.0691. The number of fused-ring (bicyclic) bond motifs is 1. The maximum absolute atomic E-state index is 10.8. The summed E-state index contributed by atoms with van der Waals surface area (Å²) in [6.07, 6.45) is 0.915. The molecule has 1 heterocycles. The summed E-state index contributed by atoms with van der Waals surface area (Å²) in [6.45, 7) is 2.06. The van der Waals surface area contributed by atoms with Crippen LogP contribution in [0.3, 0.4) is 0 Å². The quantitative estimate of drug-likeness (QED) is 0.878. The van der Waals surface area contributed by atoms with Crippen LogP contribution in [0.4, 0.5) is 0 Å². The monoisotopic (exact) mass is 267 g/mol. The summed E-state index contributed by atoms with van der Waals surface area (Å²) in [6, 6.07) is 5.56. The number of carboxylic acids is 1. The molecule has 0 saturated carbocycles. The van der Waals surface area contributed by atoms with E-state index in [0.717, 1.165) is 21.8 Å². The lowest BCUT2D eigenvalue weighted by Gasteiger charge is -2.00. The van der Waals surface area contributed by atoms with Crippen LogP contribution >= 0.6 is 15.9 Å². The molecule has 0 aliphatic rings. The fraction of sp³-hybridized carbons (Fsp3) is 0.182. The van der Waals surface area contributed by atoms with Gasteiger partial charge in [-0.3, -0.25) is 0 Å². The van der Waals surface area contributed by atoms with Crippen molar-refractivity contribution in [1.29, 1.82) is 0 Å². The molecule has 2 rings (SSSR count). The number of halogens is 1. The van der Waals surface area contributed by atoms with Crippen molar-refractivity contribution in [1.82, 2.24) is 4.98 Å². The van der Waals surface area contributed by atoms with E-state index in [1.807, 2.05) is 12.1 Å². The van der Waals surface area contributed by atoms with Crippen LogP contribution in [0.15, 0.2) is 22.7 Å². The third kappa shape index (κ3) is 1.77.